The maximum absolute atomic E-state index is 5.63. The molecule has 18 heavy (non-hydrogen) atoms. The molecule has 0 aliphatic carbocycles. The van der Waals surface area contributed by atoms with E-state index in [-0.39, 0.29) is 6.10 Å². The van der Waals surface area contributed by atoms with Crippen LogP contribution in [0, 0.1) is 0 Å². The molecule has 94 valence electrons. The van der Waals surface area contributed by atoms with Gasteiger partial charge < -0.3 is 10.1 Å². The lowest BCUT2D eigenvalue weighted by Gasteiger charge is -2.10. The number of aromatic nitrogens is 2. The van der Waals surface area contributed by atoms with Gasteiger partial charge in [-0.2, -0.15) is 0 Å². The predicted octanol–water partition coefficient (Wildman–Crippen LogP) is 2.97. The smallest absolute Gasteiger partial charge is 0.138 e. The molecule has 2 heterocycles. The Morgan fingerprint density at radius 3 is 2.78 bits per heavy atom. The first kappa shape index (κ1) is 12.4. The van der Waals surface area contributed by atoms with Gasteiger partial charge in [0.25, 0.3) is 0 Å². The summed E-state index contributed by atoms with van der Waals surface area (Å²) in [5.74, 6) is 0.763. The minimum Gasteiger partial charge on any atom is -0.489 e. The molecule has 0 aliphatic heterocycles. The van der Waals surface area contributed by atoms with Crippen molar-refractivity contribution in [2.45, 2.75) is 20.0 Å². The number of nitrogens with zero attached hydrogens (tertiary/aromatic N) is 2. The molecular weight excluding hydrogens is 226 g/mol. The van der Waals surface area contributed by atoms with E-state index in [0.717, 1.165) is 22.7 Å². The summed E-state index contributed by atoms with van der Waals surface area (Å²) in [7, 11) is 1.88. The van der Waals surface area contributed by atoms with Gasteiger partial charge in [0.05, 0.1) is 18.0 Å². The van der Waals surface area contributed by atoms with Gasteiger partial charge in [-0.1, -0.05) is 0 Å². The Bertz CT molecular complexity index is 526. The van der Waals surface area contributed by atoms with Crippen molar-refractivity contribution in [3.63, 3.8) is 0 Å². The monoisotopic (exact) mass is 243 g/mol. The van der Waals surface area contributed by atoms with E-state index >= 15 is 0 Å². The lowest BCUT2D eigenvalue weighted by Crippen LogP contribution is -2.05. The van der Waals surface area contributed by atoms with Gasteiger partial charge in [-0.05, 0) is 32.0 Å². The van der Waals surface area contributed by atoms with Crippen molar-refractivity contribution in [1.29, 1.82) is 0 Å². The number of rotatable bonds is 4. The van der Waals surface area contributed by atoms with Gasteiger partial charge in [0.1, 0.15) is 5.75 Å². The molecule has 2 aromatic heterocycles. The van der Waals surface area contributed by atoms with E-state index in [1.165, 1.54) is 0 Å². The second kappa shape index (κ2) is 5.49. The summed E-state index contributed by atoms with van der Waals surface area (Å²) in [4.78, 5) is 8.53. The molecule has 0 spiro atoms. The normalized spacial score (nSPS) is 10.4. The van der Waals surface area contributed by atoms with Crippen LogP contribution in [0.15, 0.2) is 36.8 Å². The molecule has 0 atom stereocenters. The van der Waals surface area contributed by atoms with Crippen LogP contribution >= 0.6 is 0 Å². The molecule has 0 amide bonds. The summed E-state index contributed by atoms with van der Waals surface area (Å²) in [6.07, 6.45) is 5.41. The van der Waals surface area contributed by atoms with Gasteiger partial charge >= 0.3 is 0 Å². The van der Waals surface area contributed by atoms with Crippen LogP contribution in [-0.4, -0.2) is 23.1 Å². The van der Waals surface area contributed by atoms with Crippen molar-refractivity contribution in [3.05, 3.63) is 36.8 Å². The average molecular weight is 243 g/mol. The third-order valence-electron chi connectivity index (χ3n) is 2.43. The minimum absolute atomic E-state index is 0.138. The van der Waals surface area contributed by atoms with Crippen molar-refractivity contribution in [3.8, 4) is 17.0 Å². The summed E-state index contributed by atoms with van der Waals surface area (Å²) in [5, 5.41) is 3.09. The van der Waals surface area contributed by atoms with Crippen molar-refractivity contribution in [2.75, 3.05) is 12.4 Å². The van der Waals surface area contributed by atoms with E-state index in [1.807, 2.05) is 39.1 Å². The average Bonchev–Trinajstić information content (AvgIpc) is 2.38. The second-order valence-corrected chi connectivity index (χ2v) is 4.26. The van der Waals surface area contributed by atoms with Crippen molar-refractivity contribution in [2.24, 2.45) is 0 Å². The van der Waals surface area contributed by atoms with Crippen molar-refractivity contribution < 1.29 is 4.74 Å². The van der Waals surface area contributed by atoms with Crippen LogP contribution in [0.2, 0.25) is 0 Å². The van der Waals surface area contributed by atoms with Crippen LogP contribution in [-0.2, 0) is 0 Å². The maximum atomic E-state index is 5.63. The van der Waals surface area contributed by atoms with Crippen molar-refractivity contribution in [1.82, 2.24) is 9.97 Å². The quantitative estimate of drug-likeness (QED) is 0.896. The molecule has 0 bridgehead atoms. The van der Waals surface area contributed by atoms with Crippen molar-refractivity contribution >= 4 is 5.69 Å². The number of nitrogens with one attached hydrogen (secondary N) is 1. The second-order valence-electron chi connectivity index (χ2n) is 4.26. The summed E-state index contributed by atoms with van der Waals surface area (Å²) < 4.78 is 5.63. The van der Waals surface area contributed by atoms with Gasteiger partial charge in [0.2, 0.25) is 0 Å². The fourth-order valence-corrected chi connectivity index (χ4v) is 1.64. The van der Waals surface area contributed by atoms with E-state index in [9.17, 15) is 0 Å². The Labute approximate surface area is 107 Å². The molecule has 0 fully saturated rings. The highest BCUT2D eigenvalue weighted by atomic mass is 16.5. The lowest BCUT2D eigenvalue weighted by atomic mass is 10.2. The highest BCUT2D eigenvalue weighted by Crippen LogP contribution is 2.23. The van der Waals surface area contributed by atoms with Gasteiger partial charge in [0, 0.05) is 30.7 Å². The van der Waals surface area contributed by atoms with Crippen LogP contribution in [0.25, 0.3) is 11.3 Å². The fourth-order valence-electron chi connectivity index (χ4n) is 1.64. The van der Waals surface area contributed by atoms with Gasteiger partial charge in [-0.25, -0.2) is 0 Å². The highest BCUT2D eigenvalue weighted by molar-refractivity contribution is 5.64. The fraction of sp³-hybridized carbons (Fsp3) is 0.286. The molecular formula is C14H17N3O. The first-order chi connectivity index (χ1) is 8.69. The number of hydrogen-bond acceptors (Lipinski definition) is 4. The van der Waals surface area contributed by atoms with Crippen LogP contribution in [0.5, 0.6) is 5.75 Å². The first-order valence-corrected chi connectivity index (χ1v) is 5.95. The molecule has 0 aromatic carbocycles. The Morgan fingerprint density at radius 1 is 1.22 bits per heavy atom. The van der Waals surface area contributed by atoms with Gasteiger partial charge in [0.15, 0.2) is 0 Å². The zero-order valence-electron chi connectivity index (χ0n) is 10.8. The zero-order chi connectivity index (χ0) is 13.0. The summed E-state index contributed by atoms with van der Waals surface area (Å²) in [6.45, 7) is 3.99. The molecule has 0 aliphatic rings. The molecule has 4 nitrogen and oxygen atoms in total. The minimum atomic E-state index is 0.138. The molecule has 0 saturated heterocycles. The van der Waals surface area contributed by atoms with Crippen LogP contribution < -0.4 is 10.1 Å². The molecule has 0 radical (unpaired) electrons. The zero-order valence-corrected chi connectivity index (χ0v) is 10.8. The standard InChI is InChI=1S/C14H17N3O/c1-10(2)18-13-6-11(8-16-9-13)14-7-12(15-3)4-5-17-14/h4-10H,1-3H3,(H,15,17). The number of pyridine rings is 2. The van der Waals surface area contributed by atoms with Crippen LogP contribution in [0.1, 0.15) is 13.8 Å². The first-order valence-electron chi connectivity index (χ1n) is 5.95. The largest absolute Gasteiger partial charge is 0.489 e. The van der Waals surface area contributed by atoms with E-state index < -0.39 is 0 Å². The van der Waals surface area contributed by atoms with E-state index in [1.54, 1.807) is 18.6 Å². The maximum Gasteiger partial charge on any atom is 0.138 e. The number of hydrogen-bond donors (Lipinski definition) is 1. The van der Waals surface area contributed by atoms with E-state index in [0.29, 0.717) is 0 Å². The number of ether oxygens (including phenoxy) is 1. The molecule has 0 saturated carbocycles. The Balaban J connectivity index is 2.32. The molecule has 4 heteroatoms. The van der Waals surface area contributed by atoms with Gasteiger partial charge in [-0.15, -0.1) is 0 Å². The molecule has 1 N–H and O–H groups in total. The Hall–Kier alpha value is -2.10. The summed E-state index contributed by atoms with van der Waals surface area (Å²) in [5.41, 5.74) is 2.85. The topological polar surface area (TPSA) is 47.0 Å². The Morgan fingerprint density at radius 2 is 2.06 bits per heavy atom. The predicted molar refractivity (Wildman–Crippen MR) is 72.8 cm³/mol. The molecule has 2 rings (SSSR count). The summed E-state index contributed by atoms with van der Waals surface area (Å²) >= 11 is 0. The third kappa shape index (κ3) is 2.97. The van der Waals surface area contributed by atoms with E-state index in [2.05, 4.69) is 15.3 Å². The molecule has 0 unspecified atom stereocenters. The lowest BCUT2D eigenvalue weighted by molar-refractivity contribution is 0.241. The summed E-state index contributed by atoms with van der Waals surface area (Å²) in [6, 6.07) is 5.86. The van der Waals surface area contributed by atoms with E-state index in [4.69, 9.17) is 4.74 Å². The van der Waals surface area contributed by atoms with Crippen LogP contribution in [0.3, 0.4) is 0 Å². The number of anilines is 1. The van der Waals surface area contributed by atoms with Crippen LogP contribution in [0.4, 0.5) is 5.69 Å². The SMILES string of the molecule is CNc1ccnc(-c2cncc(OC(C)C)c2)c1. The highest BCUT2D eigenvalue weighted by Gasteiger charge is 2.04. The third-order valence-corrected chi connectivity index (χ3v) is 2.43. The Kier molecular flexibility index (Phi) is 3.77. The van der Waals surface area contributed by atoms with Gasteiger partial charge in [-0.3, -0.25) is 9.97 Å². The molecule has 2 aromatic rings.